The number of benzene rings is 5. The Balaban J connectivity index is 1.31. The van der Waals surface area contributed by atoms with Crippen molar-refractivity contribution in [3.63, 3.8) is 0 Å². The van der Waals surface area contributed by atoms with Crippen LogP contribution in [0.5, 0.6) is 0 Å². The van der Waals surface area contributed by atoms with E-state index in [4.69, 9.17) is 19.6 Å². The molecule has 0 aliphatic rings. The van der Waals surface area contributed by atoms with E-state index in [1.165, 1.54) is 20.2 Å². The minimum atomic E-state index is -0.985. The summed E-state index contributed by atoms with van der Waals surface area (Å²) in [6.45, 7) is 7.43. The molecular formula is C39H34BN3O2S. The topological polar surface area (TPSA) is 68.1 Å². The average molecular weight is 620 g/mol. The molecule has 0 radical (unpaired) electrons. The van der Waals surface area contributed by atoms with Gasteiger partial charge in [-0.15, -0.1) is 11.3 Å². The molecule has 0 saturated heterocycles. The largest absolute Gasteiger partial charge is 0.427 e. The highest BCUT2D eigenvalue weighted by Gasteiger charge is 2.35. The Morgan fingerprint density at radius 2 is 1.09 bits per heavy atom. The van der Waals surface area contributed by atoms with E-state index < -0.39 is 11.2 Å². The van der Waals surface area contributed by atoms with E-state index in [-0.39, 0.29) is 0 Å². The summed E-state index contributed by atoms with van der Waals surface area (Å²) in [4.78, 5) is 14.6. The van der Waals surface area contributed by atoms with Crippen LogP contribution in [0.3, 0.4) is 0 Å². The lowest BCUT2D eigenvalue weighted by Gasteiger charge is -2.37. The maximum Gasteiger partial charge on any atom is 0.309 e. The molecule has 46 heavy (non-hydrogen) atoms. The third kappa shape index (κ3) is 5.85. The van der Waals surface area contributed by atoms with E-state index in [0.717, 1.165) is 33.3 Å². The normalized spacial score (nSPS) is 12.1. The Hall–Kier alpha value is -4.69. The van der Waals surface area contributed by atoms with Gasteiger partial charge in [0.2, 0.25) is 0 Å². The molecule has 0 atom stereocenters. The predicted octanol–water partition coefficient (Wildman–Crippen LogP) is 8.45. The molecule has 5 nitrogen and oxygen atoms in total. The second-order valence-electron chi connectivity index (χ2n) is 12.6. The standard InChI is InChI=1S/C39H34BN3O2S/c1-38(2,44)39(3,4)45-40-29-23-31(34-32(24-29)30-17-11-12-18-33(30)46-34)25-19-21-28(22-20-25)37-42-35(26-13-7-5-8-14-26)41-36(43-37)27-15-9-6-10-16-27/h5-24,40,44H,1-4H3. The molecule has 0 bridgehead atoms. The van der Waals surface area contributed by atoms with Crippen LogP contribution in [0.4, 0.5) is 0 Å². The third-order valence-corrected chi connectivity index (χ3v) is 9.98. The number of hydrogen-bond donors (Lipinski definition) is 1. The second-order valence-corrected chi connectivity index (χ2v) is 13.6. The van der Waals surface area contributed by atoms with Gasteiger partial charge in [0.25, 0.3) is 0 Å². The first-order valence-corrected chi connectivity index (χ1v) is 16.3. The Morgan fingerprint density at radius 1 is 0.587 bits per heavy atom. The molecule has 226 valence electrons. The van der Waals surface area contributed by atoms with E-state index in [1.54, 1.807) is 25.2 Å². The van der Waals surface area contributed by atoms with Crippen LogP contribution in [0.1, 0.15) is 27.7 Å². The van der Waals surface area contributed by atoms with Crippen LogP contribution in [0.15, 0.2) is 121 Å². The number of hydrogen-bond acceptors (Lipinski definition) is 6. The Kier molecular flexibility index (Phi) is 7.77. The Labute approximate surface area is 273 Å². The molecule has 0 aliphatic carbocycles. The number of nitrogens with zero attached hydrogens (tertiary/aromatic N) is 3. The van der Waals surface area contributed by atoms with Crippen LogP contribution in [0.2, 0.25) is 0 Å². The number of fused-ring (bicyclic) bond motifs is 3. The molecule has 7 aromatic rings. The Morgan fingerprint density at radius 3 is 1.65 bits per heavy atom. The molecule has 7 heteroatoms. The molecule has 1 N–H and O–H groups in total. The van der Waals surface area contributed by atoms with Gasteiger partial charge in [0.05, 0.1) is 11.2 Å². The third-order valence-electron chi connectivity index (χ3n) is 8.76. The molecule has 0 aliphatic heterocycles. The molecule has 0 spiro atoms. The Bertz CT molecular complexity index is 2100. The monoisotopic (exact) mass is 619 g/mol. The second kappa shape index (κ2) is 11.9. The SMILES string of the molecule is CC(C)(O)C(C)(C)OBc1cc(-c2ccc(-c3nc(-c4ccccc4)nc(-c4ccccc4)n3)cc2)c2sc3ccccc3c2c1. The first-order valence-electron chi connectivity index (χ1n) is 15.4. The van der Waals surface area contributed by atoms with Crippen molar-refractivity contribution in [1.29, 1.82) is 0 Å². The quantitative estimate of drug-likeness (QED) is 0.173. The highest BCUT2D eigenvalue weighted by atomic mass is 32.1. The summed E-state index contributed by atoms with van der Waals surface area (Å²) in [6, 6.07) is 41.5. The summed E-state index contributed by atoms with van der Waals surface area (Å²) in [5.74, 6) is 1.91. The summed E-state index contributed by atoms with van der Waals surface area (Å²) >= 11 is 1.81. The van der Waals surface area contributed by atoms with Gasteiger partial charge in [-0.25, -0.2) is 15.0 Å². The lowest BCUT2D eigenvalue weighted by molar-refractivity contribution is -0.0893. The lowest BCUT2D eigenvalue weighted by Crippen LogP contribution is -2.49. The number of rotatable bonds is 8. The van der Waals surface area contributed by atoms with Crippen LogP contribution in [-0.4, -0.2) is 38.7 Å². The van der Waals surface area contributed by atoms with Gasteiger partial charge in [-0.05, 0) is 44.9 Å². The maximum absolute atomic E-state index is 10.7. The number of aromatic nitrogens is 3. The molecule has 2 heterocycles. The fourth-order valence-electron chi connectivity index (χ4n) is 5.36. The number of aliphatic hydroxyl groups is 1. The smallest absolute Gasteiger partial charge is 0.309 e. The summed E-state index contributed by atoms with van der Waals surface area (Å²) in [7, 11) is 0.386. The van der Waals surface area contributed by atoms with Crippen LogP contribution < -0.4 is 5.46 Å². The van der Waals surface area contributed by atoms with Gasteiger partial charge >= 0.3 is 7.48 Å². The fourth-order valence-corrected chi connectivity index (χ4v) is 6.58. The molecule has 7 rings (SSSR count). The minimum absolute atomic E-state index is 0.386. The van der Waals surface area contributed by atoms with Crippen molar-refractivity contribution in [2.24, 2.45) is 0 Å². The van der Waals surface area contributed by atoms with E-state index >= 15 is 0 Å². The van der Waals surface area contributed by atoms with Crippen LogP contribution >= 0.6 is 11.3 Å². The first-order chi connectivity index (χ1) is 22.2. The zero-order valence-corrected chi connectivity index (χ0v) is 27.2. The van der Waals surface area contributed by atoms with Gasteiger partial charge in [0.15, 0.2) is 17.5 Å². The molecule has 0 amide bonds. The number of thiophene rings is 1. The summed E-state index contributed by atoms with van der Waals surface area (Å²) in [5.41, 5.74) is 4.41. The van der Waals surface area contributed by atoms with Gasteiger partial charge < -0.3 is 9.76 Å². The lowest BCUT2D eigenvalue weighted by atomic mass is 9.81. The van der Waals surface area contributed by atoms with Crippen molar-refractivity contribution >= 4 is 44.5 Å². The van der Waals surface area contributed by atoms with Crippen molar-refractivity contribution < 1.29 is 9.76 Å². The van der Waals surface area contributed by atoms with E-state index in [1.807, 2.05) is 74.5 Å². The van der Waals surface area contributed by atoms with Gasteiger partial charge in [-0.3, -0.25) is 0 Å². The predicted molar refractivity (Wildman–Crippen MR) is 193 cm³/mol. The highest BCUT2D eigenvalue weighted by Crippen LogP contribution is 2.40. The zero-order chi connectivity index (χ0) is 31.9. The highest BCUT2D eigenvalue weighted by molar-refractivity contribution is 7.26. The van der Waals surface area contributed by atoms with Crippen molar-refractivity contribution in [2.75, 3.05) is 0 Å². The minimum Gasteiger partial charge on any atom is -0.427 e. The zero-order valence-electron chi connectivity index (χ0n) is 26.4. The molecular weight excluding hydrogens is 585 g/mol. The maximum atomic E-state index is 10.7. The van der Waals surface area contributed by atoms with E-state index in [0.29, 0.717) is 25.0 Å². The van der Waals surface area contributed by atoms with Gasteiger partial charge in [-0.1, -0.05) is 121 Å². The van der Waals surface area contributed by atoms with E-state index in [2.05, 4.69) is 60.7 Å². The fraction of sp³-hybridized carbons (Fsp3) is 0.154. The molecule has 2 aromatic heterocycles. The van der Waals surface area contributed by atoms with Crippen molar-refractivity contribution in [2.45, 2.75) is 38.9 Å². The van der Waals surface area contributed by atoms with Crippen molar-refractivity contribution in [3.05, 3.63) is 121 Å². The van der Waals surface area contributed by atoms with Crippen LogP contribution in [0.25, 0.3) is 65.5 Å². The van der Waals surface area contributed by atoms with Crippen LogP contribution in [0, 0.1) is 0 Å². The molecule has 5 aromatic carbocycles. The van der Waals surface area contributed by atoms with Gasteiger partial charge in [0.1, 0.15) is 0 Å². The van der Waals surface area contributed by atoms with E-state index in [9.17, 15) is 5.11 Å². The molecule has 0 unspecified atom stereocenters. The van der Waals surface area contributed by atoms with Gasteiger partial charge in [0, 0.05) is 36.9 Å². The average Bonchev–Trinajstić information content (AvgIpc) is 3.46. The molecule has 0 saturated carbocycles. The summed E-state index contributed by atoms with van der Waals surface area (Å²) in [6.07, 6.45) is 0. The first kappa shape index (κ1) is 30.0. The summed E-state index contributed by atoms with van der Waals surface area (Å²) < 4.78 is 8.79. The van der Waals surface area contributed by atoms with Crippen molar-refractivity contribution in [1.82, 2.24) is 15.0 Å². The van der Waals surface area contributed by atoms with Crippen LogP contribution in [-0.2, 0) is 4.65 Å². The summed E-state index contributed by atoms with van der Waals surface area (Å²) in [5, 5.41) is 13.1. The van der Waals surface area contributed by atoms with Crippen molar-refractivity contribution in [3.8, 4) is 45.3 Å². The molecule has 0 fully saturated rings. The van der Waals surface area contributed by atoms with Gasteiger partial charge in [-0.2, -0.15) is 0 Å².